The third-order valence-corrected chi connectivity index (χ3v) is 2.89. The van der Waals surface area contributed by atoms with E-state index >= 15 is 0 Å². The van der Waals surface area contributed by atoms with Crippen LogP contribution in [0.15, 0.2) is 36.0 Å². The van der Waals surface area contributed by atoms with E-state index in [0.29, 0.717) is 0 Å². The van der Waals surface area contributed by atoms with Crippen molar-refractivity contribution in [1.29, 1.82) is 0 Å². The van der Waals surface area contributed by atoms with E-state index in [-0.39, 0.29) is 11.9 Å². The minimum Gasteiger partial charge on any atom is -0.316 e. The summed E-state index contributed by atoms with van der Waals surface area (Å²) < 4.78 is 0. The highest BCUT2D eigenvalue weighted by Gasteiger charge is 2.17. The van der Waals surface area contributed by atoms with Crippen LogP contribution in [0, 0.1) is 0 Å². The largest absolute Gasteiger partial charge is 0.316 e. The average molecular weight is 234 g/mol. The predicted molar refractivity (Wildman–Crippen MR) is 61.9 cm³/mol. The van der Waals surface area contributed by atoms with Crippen molar-refractivity contribution in [3.63, 3.8) is 0 Å². The van der Waals surface area contributed by atoms with Gasteiger partial charge in [-0.2, -0.15) is 0 Å². The molecule has 0 aliphatic rings. The number of nitrogens with one attached hydrogen (secondary N) is 1. The van der Waals surface area contributed by atoms with Crippen molar-refractivity contribution in [3.05, 3.63) is 40.8 Å². The number of thiophene rings is 1. The van der Waals surface area contributed by atoms with E-state index < -0.39 is 6.04 Å². The van der Waals surface area contributed by atoms with Gasteiger partial charge in [-0.3, -0.25) is 10.1 Å². The molecule has 16 heavy (non-hydrogen) atoms. The van der Waals surface area contributed by atoms with E-state index in [4.69, 9.17) is 5.73 Å². The SMILES string of the molecule is NC(C(=O)Nc1ncccn1)c1cccs1. The van der Waals surface area contributed by atoms with Crippen molar-refractivity contribution in [2.75, 3.05) is 5.32 Å². The Morgan fingerprint density at radius 3 is 2.75 bits per heavy atom. The van der Waals surface area contributed by atoms with Gasteiger partial charge in [0.2, 0.25) is 11.9 Å². The zero-order valence-electron chi connectivity index (χ0n) is 8.33. The molecule has 2 aromatic heterocycles. The summed E-state index contributed by atoms with van der Waals surface area (Å²) in [6, 6.07) is 4.67. The number of nitrogens with two attached hydrogens (primary N) is 1. The van der Waals surface area contributed by atoms with Gasteiger partial charge in [0.15, 0.2) is 0 Å². The second kappa shape index (κ2) is 4.82. The van der Waals surface area contributed by atoms with Gasteiger partial charge >= 0.3 is 0 Å². The first-order chi connectivity index (χ1) is 7.77. The number of carbonyl (C=O) groups is 1. The monoisotopic (exact) mass is 234 g/mol. The van der Waals surface area contributed by atoms with Gasteiger partial charge in [-0.15, -0.1) is 11.3 Å². The van der Waals surface area contributed by atoms with Crippen LogP contribution >= 0.6 is 11.3 Å². The van der Waals surface area contributed by atoms with Crippen molar-refractivity contribution in [2.45, 2.75) is 6.04 Å². The first kappa shape index (κ1) is 10.7. The fourth-order valence-corrected chi connectivity index (χ4v) is 1.87. The molecule has 2 aromatic rings. The molecule has 0 saturated carbocycles. The number of amides is 1. The van der Waals surface area contributed by atoms with Crippen LogP contribution in [0.3, 0.4) is 0 Å². The lowest BCUT2D eigenvalue weighted by Gasteiger charge is -2.08. The molecule has 0 fully saturated rings. The maximum absolute atomic E-state index is 11.7. The summed E-state index contributed by atoms with van der Waals surface area (Å²) in [6.07, 6.45) is 3.11. The van der Waals surface area contributed by atoms with Crippen molar-refractivity contribution in [2.24, 2.45) is 5.73 Å². The molecule has 0 radical (unpaired) electrons. The highest BCUT2D eigenvalue weighted by molar-refractivity contribution is 7.10. The fourth-order valence-electron chi connectivity index (χ4n) is 1.15. The second-order valence-corrected chi connectivity index (χ2v) is 4.03. The van der Waals surface area contributed by atoms with Gasteiger partial charge in [-0.05, 0) is 17.5 Å². The molecule has 3 N–H and O–H groups in total. The Kier molecular flexibility index (Phi) is 3.23. The number of carbonyl (C=O) groups excluding carboxylic acids is 1. The number of nitrogens with zero attached hydrogens (tertiary/aromatic N) is 2. The minimum atomic E-state index is -0.677. The average Bonchev–Trinajstić information content (AvgIpc) is 2.83. The van der Waals surface area contributed by atoms with Gasteiger partial charge in [-0.1, -0.05) is 6.07 Å². The van der Waals surface area contributed by atoms with Crippen molar-refractivity contribution in [3.8, 4) is 0 Å². The Bertz CT molecular complexity index is 457. The minimum absolute atomic E-state index is 0.263. The highest BCUT2D eigenvalue weighted by atomic mass is 32.1. The molecule has 82 valence electrons. The van der Waals surface area contributed by atoms with Crippen LogP contribution < -0.4 is 11.1 Å². The van der Waals surface area contributed by atoms with Gasteiger partial charge in [0.1, 0.15) is 6.04 Å². The molecule has 0 aliphatic carbocycles. The Labute approximate surface area is 96.3 Å². The van der Waals surface area contributed by atoms with Gasteiger partial charge in [0.25, 0.3) is 0 Å². The lowest BCUT2D eigenvalue weighted by molar-refractivity contribution is -0.117. The Morgan fingerprint density at radius 2 is 2.12 bits per heavy atom. The molecule has 1 unspecified atom stereocenters. The fraction of sp³-hybridized carbons (Fsp3) is 0.100. The van der Waals surface area contributed by atoms with E-state index in [2.05, 4.69) is 15.3 Å². The van der Waals surface area contributed by atoms with Crippen LogP contribution in [-0.2, 0) is 4.79 Å². The van der Waals surface area contributed by atoms with Crippen LogP contribution in [0.2, 0.25) is 0 Å². The maximum atomic E-state index is 11.7. The summed E-state index contributed by atoms with van der Waals surface area (Å²) in [5.74, 6) is -0.0480. The van der Waals surface area contributed by atoms with Crippen LogP contribution in [-0.4, -0.2) is 15.9 Å². The van der Waals surface area contributed by atoms with Gasteiger partial charge < -0.3 is 5.73 Å². The van der Waals surface area contributed by atoms with Gasteiger partial charge in [0, 0.05) is 17.3 Å². The number of aromatic nitrogens is 2. The van der Waals surface area contributed by atoms with E-state index in [1.54, 1.807) is 18.5 Å². The third kappa shape index (κ3) is 2.41. The zero-order chi connectivity index (χ0) is 11.4. The summed E-state index contributed by atoms with van der Waals surface area (Å²) >= 11 is 1.44. The highest BCUT2D eigenvalue weighted by Crippen LogP contribution is 2.17. The third-order valence-electron chi connectivity index (χ3n) is 1.93. The Balaban J connectivity index is 2.04. The normalized spacial score (nSPS) is 12.1. The first-order valence-electron chi connectivity index (χ1n) is 4.64. The molecule has 0 saturated heterocycles. The Hall–Kier alpha value is -1.79. The molecule has 1 amide bonds. The quantitative estimate of drug-likeness (QED) is 0.835. The molecule has 5 nitrogen and oxygen atoms in total. The van der Waals surface area contributed by atoms with E-state index in [9.17, 15) is 4.79 Å². The van der Waals surface area contributed by atoms with E-state index in [1.165, 1.54) is 11.3 Å². The molecule has 2 rings (SSSR count). The molecule has 0 spiro atoms. The number of rotatable bonds is 3. The van der Waals surface area contributed by atoms with Crippen LogP contribution in [0.1, 0.15) is 10.9 Å². The first-order valence-corrected chi connectivity index (χ1v) is 5.52. The standard InChI is InChI=1S/C10H10N4OS/c11-8(7-3-1-6-16-7)9(15)14-10-12-4-2-5-13-10/h1-6,8H,11H2,(H,12,13,14,15). The van der Waals surface area contributed by atoms with E-state index in [0.717, 1.165) is 4.88 Å². The predicted octanol–water partition coefficient (Wildman–Crippen LogP) is 1.18. The number of hydrogen-bond acceptors (Lipinski definition) is 5. The summed E-state index contributed by atoms with van der Waals surface area (Å²) in [7, 11) is 0. The van der Waals surface area contributed by atoms with Crippen LogP contribution in [0.4, 0.5) is 5.95 Å². The van der Waals surface area contributed by atoms with E-state index in [1.807, 2.05) is 17.5 Å². The van der Waals surface area contributed by atoms with Crippen LogP contribution in [0.25, 0.3) is 0 Å². The summed E-state index contributed by atoms with van der Waals surface area (Å²) in [5.41, 5.74) is 5.77. The molecule has 2 heterocycles. The molecule has 1 atom stereocenters. The molecular weight excluding hydrogens is 224 g/mol. The molecule has 0 aromatic carbocycles. The number of anilines is 1. The smallest absolute Gasteiger partial charge is 0.249 e. The lowest BCUT2D eigenvalue weighted by Crippen LogP contribution is -2.27. The molecular formula is C10H10N4OS. The zero-order valence-corrected chi connectivity index (χ0v) is 9.15. The molecule has 6 heteroatoms. The van der Waals surface area contributed by atoms with Gasteiger partial charge in [-0.25, -0.2) is 9.97 Å². The number of hydrogen-bond donors (Lipinski definition) is 2. The molecule has 0 aliphatic heterocycles. The lowest BCUT2D eigenvalue weighted by atomic mass is 10.2. The van der Waals surface area contributed by atoms with Crippen LogP contribution in [0.5, 0.6) is 0 Å². The summed E-state index contributed by atoms with van der Waals surface area (Å²) in [6.45, 7) is 0. The topological polar surface area (TPSA) is 80.9 Å². The van der Waals surface area contributed by atoms with Crippen molar-refractivity contribution < 1.29 is 4.79 Å². The molecule has 0 bridgehead atoms. The summed E-state index contributed by atoms with van der Waals surface area (Å²) in [4.78, 5) is 20.3. The maximum Gasteiger partial charge on any atom is 0.249 e. The summed E-state index contributed by atoms with van der Waals surface area (Å²) in [5, 5.41) is 4.43. The van der Waals surface area contributed by atoms with Crippen molar-refractivity contribution >= 4 is 23.2 Å². The Morgan fingerprint density at radius 1 is 1.38 bits per heavy atom. The second-order valence-electron chi connectivity index (χ2n) is 3.05. The van der Waals surface area contributed by atoms with Crippen molar-refractivity contribution in [1.82, 2.24) is 9.97 Å². The van der Waals surface area contributed by atoms with Gasteiger partial charge in [0.05, 0.1) is 0 Å².